The Balaban J connectivity index is 2.77. The van der Waals surface area contributed by atoms with Crippen molar-refractivity contribution in [3.63, 3.8) is 0 Å². The number of rotatable bonds is 3. The van der Waals surface area contributed by atoms with E-state index in [2.05, 4.69) is 4.72 Å². The van der Waals surface area contributed by atoms with Gasteiger partial charge in [-0.15, -0.1) is 0 Å². The average Bonchev–Trinajstić information content (AvgIpc) is 2.13. The number of ether oxygens (including phenoxy) is 1. The molecule has 7 heteroatoms. The summed E-state index contributed by atoms with van der Waals surface area (Å²) >= 11 is 0. The van der Waals surface area contributed by atoms with Crippen molar-refractivity contribution in [3.8, 4) is 0 Å². The SMILES string of the molecule is CC1CN(S(=O)(=O)NC(C)(C)C)CC(CN)O1. The lowest BCUT2D eigenvalue weighted by Crippen LogP contribution is -2.56. The molecule has 0 bridgehead atoms. The van der Waals surface area contributed by atoms with Gasteiger partial charge in [0.2, 0.25) is 0 Å². The second-order valence-corrected chi connectivity index (χ2v) is 7.15. The van der Waals surface area contributed by atoms with E-state index < -0.39 is 15.7 Å². The van der Waals surface area contributed by atoms with Gasteiger partial charge in [-0.2, -0.15) is 17.4 Å². The fourth-order valence-corrected chi connectivity index (χ4v) is 3.45. The minimum Gasteiger partial charge on any atom is -0.371 e. The smallest absolute Gasteiger partial charge is 0.280 e. The zero-order valence-corrected chi connectivity index (χ0v) is 11.8. The summed E-state index contributed by atoms with van der Waals surface area (Å²) in [5.74, 6) is 0. The van der Waals surface area contributed by atoms with Gasteiger partial charge in [0.25, 0.3) is 10.2 Å². The Morgan fingerprint density at radius 1 is 1.41 bits per heavy atom. The van der Waals surface area contributed by atoms with Gasteiger partial charge < -0.3 is 10.5 Å². The first-order chi connectivity index (χ1) is 7.64. The van der Waals surface area contributed by atoms with Crippen LogP contribution < -0.4 is 10.5 Å². The van der Waals surface area contributed by atoms with Gasteiger partial charge in [0.1, 0.15) is 0 Å². The van der Waals surface area contributed by atoms with Gasteiger partial charge in [-0.3, -0.25) is 0 Å². The highest BCUT2D eigenvalue weighted by molar-refractivity contribution is 7.87. The number of morpholine rings is 1. The number of hydrogen-bond acceptors (Lipinski definition) is 4. The van der Waals surface area contributed by atoms with Crippen LogP contribution in [0.3, 0.4) is 0 Å². The maximum atomic E-state index is 12.1. The van der Waals surface area contributed by atoms with E-state index in [0.717, 1.165) is 0 Å². The minimum absolute atomic E-state index is 0.131. The Morgan fingerprint density at radius 3 is 2.47 bits per heavy atom. The van der Waals surface area contributed by atoms with E-state index in [1.807, 2.05) is 27.7 Å². The van der Waals surface area contributed by atoms with E-state index in [9.17, 15) is 8.42 Å². The van der Waals surface area contributed by atoms with E-state index in [0.29, 0.717) is 19.6 Å². The maximum absolute atomic E-state index is 12.1. The minimum atomic E-state index is -3.47. The summed E-state index contributed by atoms with van der Waals surface area (Å²) in [5, 5.41) is 0. The third-order valence-corrected chi connectivity index (χ3v) is 4.18. The van der Waals surface area contributed by atoms with Crippen LogP contribution in [0.25, 0.3) is 0 Å². The first-order valence-electron chi connectivity index (χ1n) is 5.78. The van der Waals surface area contributed by atoms with Gasteiger partial charge in [-0.1, -0.05) is 0 Å². The van der Waals surface area contributed by atoms with Crippen LogP contribution in [0.2, 0.25) is 0 Å². The van der Waals surface area contributed by atoms with E-state index >= 15 is 0 Å². The summed E-state index contributed by atoms with van der Waals surface area (Å²) in [6.45, 7) is 8.29. The lowest BCUT2D eigenvalue weighted by molar-refractivity contribution is -0.0490. The molecule has 3 N–H and O–H groups in total. The second kappa shape index (κ2) is 5.19. The predicted molar refractivity (Wildman–Crippen MR) is 66.8 cm³/mol. The molecule has 0 saturated carbocycles. The molecule has 0 aromatic heterocycles. The molecule has 2 unspecified atom stereocenters. The fraction of sp³-hybridized carbons (Fsp3) is 1.00. The van der Waals surface area contributed by atoms with Crippen LogP contribution in [0.1, 0.15) is 27.7 Å². The Hall–Kier alpha value is -0.210. The van der Waals surface area contributed by atoms with Crippen LogP contribution in [0.4, 0.5) is 0 Å². The summed E-state index contributed by atoms with van der Waals surface area (Å²) in [6, 6.07) is 0. The lowest BCUT2D eigenvalue weighted by Gasteiger charge is -2.36. The van der Waals surface area contributed by atoms with Crippen LogP contribution in [-0.2, 0) is 14.9 Å². The van der Waals surface area contributed by atoms with Crippen LogP contribution in [0, 0.1) is 0 Å². The van der Waals surface area contributed by atoms with Crippen molar-refractivity contribution >= 4 is 10.2 Å². The Kier molecular flexibility index (Phi) is 4.54. The Morgan fingerprint density at radius 2 is 2.00 bits per heavy atom. The van der Waals surface area contributed by atoms with E-state index in [1.54, 1.807) is 0 Å². The van der Waals surface area contributed by atoms with Gasteiger partial charge in [0.15, 0.2) is 0 Å². The van der Waals surface area contributed by atoms with Crippen molar-refractivity contribution < 1.29 is 13.2 Å². The first kappa shape index (κ1) is 14.8. The molecule has 0 aliphatic carbocycles. The maximum Gasteiger partial charge on any atom is 0.280 e. The van der Waals surface area contributed by atoms with Crippen molar-refractivity contribution in [2.45, 2.75) is 45.4 Å². The van der Waals surface area contributed by atoms with Crippen molar-refractivity contribution in [2.24, 2.45) is 5.73 Å². The van der Waals surface area contributed by atoms with E-state index in [-0.39, 0.29) is 12.2 Å². The normalized spacial score (nSPS) is 28.3. The molecule has 0 spiro atoms. The molecular formula is C10H23N3O3S. The molecule has 2 atom stereocenters. The summed E-state index contributed by atoms with van der Waals surface area (Å²) in [6.07, 6.45) is -0.357. The topological polar surface area (TPSA) is 84.7 Å². The molecular weight excluding hydrogens is 242 g/mol. The quantitative estimate of drug-likeness (QED) is 0.731. The van der Waals surface area contributed by atoms with E-state index in [1.165, 1.54) is 4.31 Å². The standard InChI is InChI=1S/C10H23N3O3S/c1-8-6-13(7-9(5-11)16-8)17(14,15)12-10(2,3)4/h8-9,12H,5-7,11H2,1-4H3. The number of nitrogens with two attached hydrogens (primary N) is 1. The molecule has 0 radical (unpaired) electrons. The van der Waals surface area contributed by atoms with Crippen molar-refractivity contribution in [2.75, 3.05) is 19.6 Å². The fourth-order valence-electron chi connectivity index (χ4n) is 1.78. The molecule has 102 valence electrons. The predicted octanol–water partition coefficient (Wildman–Crippen LogP) is -0.333. The molecule has 1 saturated heterocycles. The van der Waals surface area contributed by atoms with Crippen LogP contribution >= 0.6 is 0 Å². The number of nitrogens with zero attached hydrogens (tertiary/aromatic N) is 1. The molecule has 6 nitrogen and oxygen atoms in total. The first-order valence-corrected chi connectivity index (χ1v) is 7.22. The highest BCUT2D eigenvalue weighted by atomic mass is 32.2. The molecule has 0 aromatic rings. The zero-order chi connectivity index (χ0) is 13.3. The molecule has 1 aliphatic heterocycles. The molecule has 0 aromatic carbocycles. The largest absolute Gasteiger partial charge is 0.371 e. The summed E-state index contributed by atoms with van der Waals surface area (Å²) in [4.78, 5) is 0. The van der Waals surface area contributed by atoms with Gasteiger partial charge >= 0.3 is 0 Å². The van der Waals surface area contributed by atoms with Crippen molar-refractivity contribution in [1.82, 2.24) is 9.03 Å². The van der Waals surface area contributed by atoms with Gasteiger partial charge in [-0.05, 0) is 27.7 Å². The average molecular weight is 265 g/mol. The summed E-state index contributed by atoms with van der Waals surface area (Å²) in [7, 11) is -3.47. The monoisotopic (exact) mass is 265 g/mol. The van der Waals surface area contributed by atoms with E-state index in [4.69, 9.17) is 10.5 Å². The highest BCUT2D eigenvalue weighted by Gasteiger charge is 2.34. The van der Waals surface area contributed by atoms with Crippen molar-refractivity contribution in [3.05, 3.63) is 0 Å². The van der Waals surface area contributed by atoms with Crippen molar-refractivity contribution in [1.29, 1.82) is 0 Å². The number of hydrogen-bond donors (Lipinski definition) is 2. The Labute approximate surface area is 104 Å². The molecule has 1 aliphatic rings. The van der Waals surface area contributed by atoms with Gasteiger partial charge in [-0.25, -0.2) is 0 Å². The molecule has 1 rings (SSSR count). The number of nitrogens with one attached hydrogen (secondary N) is 1. The second-order valence-electron chi connectivity index (χ2n) is 5.48. The molecule has 0 amide bonds. The third-order valence-electron chi connectivity index (χ3n) is 2.33. The Bertz CT molecular complexity index is 350. The van der Waals surface area contributed by atoms with Gasteiger partial charge in [0.05, 0.1) is 12.2 Å². The zero-order valence-electron chi connectivity index (χ0n) is 10.9. The highest BCUT2D eigenvalue weighted by Crippen LogP contribution is 2.15. The molecule has 17 heavy (non-hydrogen) atoms. The molecule has 1 fully saturated rings. The summed E-state index contributed by atoms with van der Waals surface area (Å²) in [5.41, 5.74) is 5.04. The lowest BCUT2D eigenvalue weighted by atomic mass is 10.1. The van der Waals surface area contributed by atoms with Crippen LogP contribution in [0.15, 0.2) is 0 Å². The molecule has 1 heterocycles. The van der Waals surface area contributed by atoms with Crippen LogP contribution in [-0.4, -0.2) is 50.1 Å². The van der Waals surface area contributed by atoms with Gasteiger partial charge in [0, 0.05) is 25.2 Å². The third kappa shape index (κ3) is 4.51. The van der Waals surface area contributed by atoms with Crippen LogP contribution in [0.5, 0.6) is 0 Å². The summed E-state index contributed by atoms with van der Waals surface area (Å²) < 4.78 is 33.8.